The summed E-state index contributed by atoms with van der Waals surface area (Å²) in [5.41, 5.74) is 13.8. The molecular formula is C14H18N2O6S-2. The minimum atomic E-state index is -5.17. The second kappa shape index (κ2) is 8.83. The van der Waals surface area contributed by atoms with E-state index in [0.717, 1.165) is 11.1 Å². The quantitative estimate of drug-likeness (QED) is 0.239. The zero-order valence-corrected chi connectivity index (χ0v) is 13.4. The van der Waals surface area contributed by atoms with E-state index >= 15 is 0 Å². The molecule has 0 aromatic heterocycles. The number of nitrogens with two attached hydrogens (primary N) is 2. The maximum Gasteiger partial charge on any atom is 0.118 e. The minimum absolute atomic E-state index is 0.296. The molecule has 8 nitrogen and oxygen atoms in total. The predicted octanol–water partition coefficient (Wildman–Crippen LogP) is 1.23. The lowest BCUT2D eigenvalue weighted by Gasteiger charge is -2.06. The highest BCUT2D eigenvalue weighted by Gasteiger charge is 1.93. The largest absolute Gasteiger partial charge is 0.759 e. The first-order valence-corrected chi connectivity index (χ1v) is 7.50. The van der Waals surface area contributed by atoms with E-state index in [1.165, 1.54) is 0 Å². The van der Waals surface area contributed by atoms with Gasteiger partial charge in [0.15, 0.2) is 0 Å². The summed E-state index contributed by atoms with van der Waals surface area (Å²) in [6.07, 6.45) is 0. The summed E-state index contributed by atoms with van der Waals surface area (Å²) in [6.45, 7) is 3.62. The van der Waals surface area contributed by atoms with Gasteiger partial charge in [-0.15, -0.1) is 0 Å². The summed E-state index contributed by atoms with van der Waals surface area (Å²) in [5.74, 6) is 0.591. The highest BCUT2D eigenvalue weighted by molar-refractivity contribution is 7.79. The maximum atomic E-state index is 8.99. The van der Waals surface area contributed by atoms with E-state index in [0.29, 0.717) is 22.9 Å². The Morgan fingerprint density at radius 2 is 1.09 bits per heavy atom. The SMILES string of the molecule is Cc1cc(N)ccc1O.Cc1cc(N)ccc1O.O=S(=O)([O-])[O-]. The molecule has 2 aromatic carbocycles. The molecule has 0 aliphatic rings. The third-order valence-electron chi connectivity index (χ3n) is 2.44. The van der Waals surface area contributed by atoms with Gasteiger partial charge in [0.05, 0.1) is 0 Å². The van der Waals surface area contributed by atoms with Crippen molar-refractivity contribution < 1.29 is 27.7 Å². The zero-order valence-electron chi connectivity index (χ0n) is 12.6. The van der Waals surface area contributed by atoms with E-state index in [1.807, 2.05) is 13.8 Å². The summed E-state index contributed by atoms with van der Waals surface area (Å²) in [7, 11) is -5.17. The number of hydrogen-bond acceptors (Lipinski definition) is 8. The molecule has 128 valence electrons. The van der Waals surface area contributed by atoms with Crippen molar-refractivity contribution in [1.82, 2.24) is 0 Å². The van der Waals surface area contributed by atoms with Crippen molar-refractivity contribution in [1.29, 1.82) is 0 Å². The van der Waals surface area contributed by atoms with Crippen LogP contribution < -0.4 is 11.5 Å². The molecule has 0 saturated carbocycles. The van der Waals surface area contributed by atoms with E-state index < -0.39 is 10.4 Å². The summed E-state index contributed by atoms with van der Waals surface area (Å²) in [6, 6.07) is 9.98. The first-order valence-electron chi connectivity index (χ1n) is 6.17. The second-order valence-corrected chi connectivity index (χ2v) is 5.32. The summed E-state index contributed by atoms with van der Waals surface area (Å²) < 4.78 is 34.1. The number of aromatic hydroxyl groups is 2. The first-order chi connectivity index (χ1) is 10.4. The van der Waals surface area contributed by atoms with Gasteiger partial charge >= 0.3 is 0 Å². The summed E-state index contributed by atoms with van der Waals surface area (Å²) >= 11 is 0. The molecule has 23 heavy (non-hydrogen) atoms. The van der Waals surface area contributed by atoms with E-state index in [-0.39, 0.29) is 0 Å². The summed E-state index contributed by atoms with van der Waals surface area (Å²) in [4.78, 5) is 0. The van der Waals surface area contributed by atoms with E-state index in [2.05, 4.69) is 0 Å². The van der Waals surface area contributed by atoms with Crippen LogP contribution in [-0.4, -0.2) is 27.7 Å². The number of rotatable bonds is 0. The first kappa shape index (κ1) is 20.5. The van der Waals surface area contributed by atoms with Crippen molar-refractivity contribution in [3.05, 3.63) is 47.5 Å². The Morgan fingerprint density at radius 1 is 0.826 bits per heavy atom. The second-order valence-electron chi connectivity index (χ2n) is 4.50. The Labute approximate surface area is 134 Å². The lowest BCUT2D eigenvalue weighted by molar-refractivity contribution is 0.352. The molecule has 0 spiro atoms. The molecule has 0 aliphatic heterocycles. The molecule has 9 heteroatoms. The molecule has 0 amide bonds. The third-order valence-corrected chi connectivity index (χ3v) is 2.44. The predicted molar refractivity (Wildman–Crippen MR) is 85.0 cm³/mol. The van der Waals surface area contributed by atoms with Gasteiger partial charge in [-0.1, -0.05) is 0 Å². The Bertz CT molecular complexity index is 689. The Hall–Kier alpha value is -2.49. The van der Waals surface area contributed by atoms with Gasteiger partial charge in [0.25, 0.3) is 0 Å². The van der Waals surface area contributed by atoms with Crippen molar-refractivity contribution in [3.63, 3.8) is 0 Å². The van der Waals surface area contributed by atoms with Gasteiger partial charge < -0.3 is 30.8 Å². The molecule has 0 bridgehead atoms. The van der Waals surface area contributed by atoms with Crippen LogP contribution in [-0.2, 0) is 10.4 Å². The lowest BCUT2D eigenvalue weighted by atomic mass is 10.2. The van der Waals surface area contributed by atoms with Crippen LogP contribution in [0.15, 0.2) is 36.4 Å². The number of phenols is 2. The fraction of sp³-hybridized carbons (Fsp3) is 0.143. The van der Waals surface area contributed by atoms with E-state index in [1.54, 1.807) is 36.4 Å². The van der Waals surface area contributed by atoms with Crippen molar-refractivity contribution >= 4 is 21.8 Å². The van der Waals surface area contributed by atoms with Crippen LogP contribution in [0.2, 0.25) is 0 Å². The molecule has 2 rings (SSSR count). The molecule has 0 radical (unpaired) electrons. The average molecular weight is 342 g/mol. The van der Waals surface area contributed by atoms with Crippen LogP contribution in [0, 0.1) is 13.8 Å². The zero-order chi connectivity index (χ0) is 18.2. The number of aryl methyl sites for hydroxylation is 2. The Balaban J connectivity index is 0.000000332. The smallest absolute Gasteiger partial charge is 0.118 e. The number of nitrogen functional groups attached to an aromatic ring is 2. The molecule has 0 heterocycles. The fourth-order valence-electron chi connectivity index (χ4n) is 1.36. The van der Waals surface area contributed by atoms with Crippen LogP contribution in [0.4, 0.5) is 11.4 Å². The van der Waals surface area contributed by atoms with Gasteiger partial charge in [0.2, 0.25) is 0 Å². The van der Waals surface area contributed by atoms with Crippen LogP contribution in [0.25, 0.3) is 0 Å². The van der Waals surface area contributed by atoms with Crippen molar-refractivity contribution in [2.75, 3.05) is 11.5 Å². The Kier molecular flexibility index (Phi) is 7.88. The fourth-order valence-corrected chi connectivity index (χ4v) is 1.36. The topological polar surface area (TPSA) is 173 Å². The molecule has 6 N–H and O–H groups in total. The van der Waals surface area contributed by atoms with Crippen molar-refractivity contribution in [3.8, 4) is 11.5 Å². The average Bonchev–Trinajstić information content (AvgIpc) is 2.38. The summed E-state index contributed by atoms with van der Waals surface area (Å²) in [5, 5.41) is 18.0. The van der Waals surface area contributed by atoms with Crippen LogP contribution in [0.5, 0.6) is 11.5 Å². The van der Waals surface area contributed by atoms with Gasteiger partial charge in [-0.3, -0.25) is 8.42 Å². The normalized spacial score (nSPS) is 9.91. The standard InChI is InChI=1S/2C7H9NO.H2O4S/c2*1-5-4-6(8)2-3-7(5)9;1-5(2,3)4/h2*2-4,9H,8H2,1H3;(H2,1,2,3,4)/p-2. The van der Waals surface area contributed by atoms with Gasteiger partial charge in [0, 0.05) is 21.8 Å². The maximum absolute atomic E-state index is 8.99. The van der Waals surface area contributed by atoms with Gasteiger partial charge in [-0.2, -0.15) is 0 Å². The number of phenolic OH excluding ortho intramolecular Hbond substituents is 2. The highest BCUT2D eigenvalue weighted by atomic mass is 32.3. The molecule has 0 fully saturated rings. The number of hydrogen-bond donors (Lipinski definition) is 4. The molecular weight excluding hydrogens is 324 g/mol. The molecule has 0 saturated heterocycles. The van der Waals surface area contributed by atoms with Gasteiger partial charge in [0.1, 0.15) is 11.5 Å². The third kappa shape index (κ3) is 10.8. The van der Waals surface area contributed by atoms with Gasteiger partial charge in [-0.25, -0.2) is 0 Å². The lowest BCUT2D eigenvalue weighted by Crippen LogP contribution is -1.91. The highest BCUT2D eigenvalue weighted by Crippen LogP contribution is 2.18. The number of anilines is 2. The van der Waals surface area contributed by atoms with Crippen LogP contribution in [0.3, 0.4) is 0 Å². The van der Waals surface area contributed by atoms with E-state index in [9.17, 15) is 0 Å². The van der Waals surface area contributed by atoms with Crippen LogP contribution in [0.1, 0.15) is 11.1 Å². The molecule has 2 aromatic rings. The minimum Gasteiger partial charge on any atom is -0.759 e. The van der Waals surface area contributed by atoms with Crippen LogP contribution >= 0.6 is 0 Å². The van der Waals surface area contributed by atoms with Crippen molar-refractivity contribution in [2.45, 2.75) is 13.8 Å². The number of benzene rings is 2. The molecule has 0 aliphatic carbocycles. The van der Waals surface area contributed by atoms with Gasteiger partial charge in [-0.05, 0) is 61.4 Å². The Morgan fingerprint density at radius 3 is 1.26 bits per heavy atom. The van der Waals surface area contributed by atoms with Crippen molar-refractivity contribution in [2.24, 2.45) is 0 Å². The monoisotopic (exact) mass is 342 g/mol. The molecule has 0 atom stereocenters. The van der Waals surface area contributed by atoms with E-state index in [4.69, 9.17) is 39.2 Å². The molecule has 0 unspecified atom stereocenters.